The molecule has 0 amide bonds. The minimum Gasteiger partial charge on any atom is -0.299 e. The van der Waals surface area contributed by atoms with Gasteiger partial charge in [-0.05, 0) is 75.2 Å². The third-order valence-corrected chi connectivity index (χ3v) is 7.19. The summed E-state index contributed by atoms with van der Waals surface area (Å²) in [6.45, 7) is 3.85. The quantitative estimate of drug-likeness (QED) is 0.395. The third kappa shape index (κ3) is 5.30. The van der Waals surface area contributed by atoms with E-state index in [1.165, 1.54) is 56.9 Å². The lowest BCUT2D eigenvalue weighted by atomic mass is 9.67. The van der Waals surface area contributed by atoms with Gasteiger partial charge in [-0.25, -0.2) is 0 Å². The van der Waals surface area contributed by atoms with E-state index >= 15 is 0 Å². The Balaban J connectivity index is 1.47. The van der Waals surface area contributed by atoms with Gasteiger partial charge in [0.15, 0.2) is 5.78 Å². The zero-order chi connectivity index (χ0) is 19.2. The van der Waals surface area contributed by atoms with Crippen LogP contribution in [0.15, 0.2) is 24.3 Å². The number of ketones is 2. The van der Waals surface area contributed by atoms with Gasteiger partial charge in [0, 0.05) is 17.9 Å². The molecule has 3 rings (SSSR count). The Hall–Kier alpha value is -1.44. The molecule has 0 unspecified atom stereocenters. The van der Waals surface area contributed by atoms with Gasteiger partial charge in [0.1, 0.15) is 5.78 Å². The molecule has 0 aliphatic heterocycles. The first-order valence-corrected chi connectivity index (χ1v) is 11.2. The van der Waals surface area contributed by atoms with Crippen molar-refractivity contribution < 1.29 is 9.59 Å². The predicted octanol–water partition coefficient (Wildman–Crippen LogP) is 6.73. The molecule has 0 saturated heterocycles. The Kier molecular flexibility index (Phi) is 7.26. The van der Waals surface area contributed by atoms with Crippen molar-refractivity contribution in [3.05, 3.63) is 35.4 Å². The van der Waals surface area contributed by atoms with Crippen LogP contribution in [0.3, 0.4) is 0 Å². The van der Waals surface area contributed by atoms with Gasteiger partial charge in [-0.15, -0.1) is 0 Å². The minimum absolute atomic E-state index is 0.139. The molecular weight excluding hydrogens is 332 g/mol. The molecule has 2 atom stereocenters. The largest absolute Gasteiger partial charge is 0.299 e. The number of carbonyl (C=O) groups excluding carboxylic acids is 2. The lowest BCUT2D eigenvalue weighted by molar-refractivity contribution is -0.127. The van der Waals surface area contributed by atoms with E-state index < -0.39 is 0 Å². The van der Waals surface area contributed by atoms with E-state index in [-0.39, 0.29) is 5.78 Å². The van der Waals surface area contributed by atoms with Crippen molar-refractivity contribution >= 4 is 11.6 Å². The molecule has 0 radical (unpaired) electrons. The molecule has 2 heteroatoms. The number of hydrogen-bond donors (Lipinski definition) is 0. The molecule has 148 valence electrons. The minimum atomic E-state index is 0.139. The van der Waals surface area contributed by atoms with Gasteiger partial charge in [0.25, 0.3) is 0 Å². The SMILES string of the molecule is CCCCC[C@H]1CC[C@H](C2CCC(c3ccc(C(C)=O)cc3)CC2)CC1=O. The Morgan fingerprint density at radius 3 is 2.19 bits per heavy atom. The first kappa shape index (κ1) is 20.3. The van der Waals surface area contributed by atoms with Crippen LogP contribution in [0, 0.1) is 17.8 Å². The van der Waals surface area contributed by atoms with Gasteiger partial charge >= 0.3 is 0 Å². The average molecular weight is 369 g/mol. The van der Waals surface area contributed by atoms with Crippen LogP contribution in [-0.2, 0) is 4.79 Å². The molecule has 0 N–H and O–H groups in total. The Bertz CT molecular complexity index is 622. The molecule has 27 heavy (non-hydrogen) atoms. The second-order valence-corrected chi connectivity index (χ2v) is 8.99. The van der Waals surface area contributed by atoms with Crippen LogP contribution < -0.4 is 0 Å². The van der Waals surface area contributed by atoms with Crippen LogP contribution in [0.5, 0.6) is 0 Å². The van der Waals surface area contributed by atoms with E-state index in [4.69, 9.17) is 0 Å². The maximum atomic E-state index is 12.6. The summed E-state index contributed by atoms with van der Waals surface area (Å²) in [6, 6.07) is 8.24. The summed E-state index contributed by atoms with van der Waals surface area (Å²) in [5.74, 6) is 3.08. The van der Waals surface area contributed by atoms with E-state index in [1.54, 1.807) is 6.92 Å². The van der Waals surface area contributed by atoms with Crippen molar-refractivity contribution in [2.75, 3.05) is 0 Å². The summed E-state index contributed by atoms with van der Waals surface area (Å²) in [7, 11) is 0. The fourth-order valence-electron chi connectivity index (χ4n) is 5.37. The lowest BCUT2D eigenvalue weighted by Gasteiger charge is -2.37. The topological polar surface area (TPSA) is 34.1 Å². The molecule has 0 heterocycles. The number of rotatable bonds is 7. The highest BCUT2D eigenvalue weighted by molar-refractivity contribution is 5.94. The monoisotopic (exact) mass is 368 g/mol. The molecular formula is C25H36O2. The Labute approximate surface area is 165 Å². The number of hydrogen-bond acceptors (Lipinski definition) is 2. The first-order valence-electron chi connectivity index (χ1n) is 11.2. The Morgan fingerprint density at radius 1 is 0.926 bits per heavy atom. The van der Waals surface area contributed by atoms with Gasteiger partial charge in [0.05, 0.1) is 0 Å². The highest BCUT2D eigenvalue weighted by Gasteiger charge is 2.34. The van der Waals surface area contributed by atoms with Gasteiger partial charge in [-0.2, -0.15) is 0 Å². The average Bonchev–Trinajstić information content (AvgIpc) is 2.69. The summed E-state index contributed by atoms with van der Waals surface area (Å²) in [4.78, 5) is 24.0. The molecule has 2 aliphatic carbocycles. The van der Waals surface area contributed by atoms with Gasteiger partial charge in [0.2, 0.25) is 0 Å². The third-order valence-electron chi connectivity index (χ3n) is 7.19. The van der Waals surface area contributed by atoms with Crippen LogP contribution in [0.1, 0.15) is 106 Å². The molecule has 0 spiro atoms. The van der Waals surface area contributed by atoms with Crippen LogP contribution in [0.2, 0.25) is 0 Å². The summed E-state index contributed by atoms with van der Waals surface area (Å²) < 4.78 is 0. The molecule has 2 nitrogen and oxygen atoms in total. The van der Waals surface area contributed by atoms with E-state index in [9.17, 15) is 9.59 Å². The molecule has 0 bridgehead atoms. The van der Waals surface area contributed by atoms with Crippen LogP contribution in [-0.4, -0.2) is 11.6 Å². The van der Waals surface area contributed by atoms with Crippen molar-refractivity contribution in [3.8, 4) is 0 Å². The van der Waals surface area contributed by atoms with E-state index in [0.29, 0.717) is 23.5 Å². The van der Waals surface area contributed by atoms with Crippen LogP contribution in [0.4, 0.5) is 0 Å². The summed E-state index contributed by atoms with van der Waals surface area (Å²) >= 11 is 0. The highest BCUT2D eigenvalue weighted by atomic mass is 16.1. The van der Waals surface area contributed by atoms with Crippen molar-refractivity contribution in [1.29, 1.82) is 0 Å². The van der Waals surface area contributed by atoms with E-state index in [0.717, 1.165) is 30.7 Å². The fraction of sp³-hybridized carbons (Fsp3) is 0.680. The second kappa shape index (κ2) is 9.66. The smallest absolute Gasteiger partial charge is 0.159 e. The highest BCUT2D eigenvalue weighted by Crippen LogP contribution is 2.43. The van der Waals surface area contributed by atoms with Crippen molar-refractivity contribution in [3.63, 3.8) is 0 Å². The fourth-order valence-corrected chi connectivity index (χ4v) is 5.37. The molecule has 2 fully saturated rings. The van der Waals surface area contributed by atoms with Crippen LogP contribution >= 0.6 is 0 Å². The van der Waals surface area contributed by atoms with E-state index in [1.807, 2.05) is 12.1 Å². The molecule has 2 saturated carbocycles. The van der Waals surface area contributed by atoms with Gasteiger partial charge in [-0.3, -0.25) is 9.59 Å². The summed E-state index contributed by atoms with van der Waals surface area (Å²) in [6.07, 6.45) is 13.1. The Morgan fingerprint density at radius 2 is 1.59 bits per heavy atom. The number of carbonyl (C=O) groups is 2. The second-order valence-electron chi connectivity index (χ2n) is 8.99. The summed E-state index contributed by atoms with van der Waals surface area (Å²) in [5.41, 5.74) is 2.19. The molecule has 1 aromatic carbocycles. The van der Waals surface area contributed by atoms with Gasteiger partial charge in [-0.1, -0.05) is 50.5 Å². The zero-order valence-corrected chi connectivity index (χ0v) is 17.2. The van der Waals surface area contributed by atoms with Crippen molar-refractivity contribution in [1.82, 2.24) is 0 Å². The standard InChI is InChI=1S/C25H36O2/c1-3-4-5-6-23-15-16-24(17-25(23)27)22-13-11-21(12-14-22)20-9-7-19(8-10-20)18(2)26/h7-10,21-24H,3-6,11-17H2,1-2H3/t21?,22?,23-,24-/m0/s1. The number of Topliss-reactive ketones (excluding diaryl/α,β-unsaturated/α-hetero) is 2. The normalized spacial score (nSPS) is 28.9. The van der Waals surface area contributed by atoms with Crippen molar-refractivity contribution in [2.24, 2.45) is 17.8 Å². The van der Waals surface area contributed by atoms with Crippen LogP contribution in [0.25, 0.3) is 0 Å². The molecule has 0 aromatic heterocycles. The van der Waals surface area contributed by atoms with Crippen molar-refractivity contribution in [2.45, 2.75) is 90.4 Å². The number of unbranched alkanes of at least 4 members (excludes halogenated alkanes) is 2. The number of benzene rings is 1. The molecule has 2 aliphatic rings. The lowest BCUT2D eigenvalue weighted by Crippen LogP contribution is -2.31. The summed E-state index contributed by atoms with van der Waals surface area (Å²) in [5, 5.41) is 0. The molecule has 1 aromatic rings. The zero-order valence-electron chi connectivity index (χ0n) is 17.2. The maximum Gasteiger partial charge on any atom is 0.159 e. The maximum absolute atomic E-state index is 12.6. The first-order chi connectivity index (χ1) is 13.1. The van der Waals surface area contributed by atoms with E-state index in [2.05, 4.69) is 19.1 Å². The predicted molar refractivity (Wildman–Crippen MR) is 111 cm³/mol. The van der Waals surface area contributed by atoms with Gasteiger partial charge < -0.3 is 0 Å².